The molecule has 4 nitrogen and oxygen atoms in total. The van der Waals surface area contributed by atoms with Crippen LogP contribution in [0.15, 0.2) is 9.47 Å². The van der Waals surface area contributed by atoms with Crippen LogP contribution in [0.25, 0.3) is 11.3 Å². The summed E-state index contributed by atoms with van der Waals surface area (Å²) in [6.07, 6.45) is 0. The summed E-state index contributed by atoms with van der Waals surface area (Å²) in [6.45, 7) is 0. The van der Waals surface area contributed by atoms with Crippen molar-refractivity contribution in [3.63, 3.8) is 0 Å². The van der Waals surface area contributed by atoms with Gasteiger partial charge in [0, 0.05) is 0 Å². The van der Waals surface area contributed by atoms with Crippen LogP contribution in [-0.4, -0.2) is 29.6 Å². The monoisotopic (exact) mass is 520 g/mol. The van der Waals surface area contributed by atoms with Gasteiger partial charge in [0.25, 0.3) is 5.91 Å². The van der Waals surface area contributed by atoms with Gasteiger partial charge < -0.3 is 10.1 Å². The van der Waals surface area contributed by atoms with E-state index in [-0.39, 0.29) is 0 Å². The molecule has 32 heavy (non-hydrogen) atoms. The molecule has 1 aliphatic rings. The number of nitrogens with zero attached hydrogens (tertiary/aromatic N) is 1. The summed E-state index contributed by atoms with van der Waals surface area (Å²) in [5.41, 5.74) is -8.65. The number of aromatic hydroxyl groups is 1. The number of carbonyl (C=O) groups excluding carboxylic acids is 1. The molecule has 0 saturated carbocycles. The van der Waals surface area contributed by atoms with Crippen molar-refractivity contribution in [2.45, 2.75) is 0 Å². The minimum Gasteiger partial charge on any atom is -0.494 e. The quantitative estimate of drug-likeness (QED) is 0.232. The van der Waals surface area contributed by atoms with Crippen LogP contribution in [0.4, 0.5) is 35.1 Å². The Kier molecular flexibility index (Phi) is 4.95. The minimum atomic E-state index is -2.08. The van der Waals surface area contributed by atoms with Crippen LogP contribution in [0.3, 0.4) is 0 Å². The number of halogens is 9. The molecule has 0 bridgehead atoms. The number of amides is 1. The Morgan fingerprint density at radius 3 is 1.69 bits per heavy atom. The van der Waals surface area contributed by atoms with Gasteiger partial charge in [-0.2, -0.15) is 0 Å². The summed E-state index contributed by atoms with van der Waals surface area (Å²) in [4.78, 5) is 17.4. The van der Waals surface area contributed by atoms with Crippen molar-refractivity contribution in [3.8, 4) is 17.1 Å². The van der Waals surface area contributed by atoms with Gasteiger partial charge in [-0.25, -0.2) is 40.1 Å². The molecule has 14 heteroatoms. The molecular formula is C18H2BBrF8N2O2. The Hall–Kier alpha value is -3.16. The second-order valence-corrected chi connectivity index (χ2v) is 7.15. The Morgan fingerprint density at radius 2 is 1.19 bits per heavy atom. The second-order valence-electron chi connectivity index (χ2n) is 6.35. The molecule has 2 radical (unpaired) electrons. The van der Waals surface area contributed by atoms with E-state index in [4.69, 9.17) is 7.85 Å². The van der Waals surface area contributed by atoms with E-state index in [0.29, 0.717) is 0 Å². The van der Waals surface area contributed by atoms with Crippen molar-refractivity contribution >= 4 is 40.9 Å². The molecule has 1 aromatic heterocycles. The molecule has 1 amide bonds. The lowest BCUT2D eigenvalue weighted by Gasteiger charge is -2.10. The zero-order chi connectivity index (χ0) is 23.8. The molecule has 2 heterocycles. The first-order chi connectivity index (χ1) is 14.9. The molecule has 0 spiro atoms. The maximum atomic E-state index is 14.4. The summed E-state index contributed by atoms with van der Waals surface area (Å²) in [7, 11) is 4.91. The van der Waals surface area contributed by atoms with Crippen LogP contribution in [-0.2, 0) is 0 Å². The van der Waals surface area contributed by atoms with E-state index >= 15 is 0 Å². The number of aliphatic imine (C=N–C) groups is 1. The van der Waals surface area contributed by atoms with Crippen molar-refractivity contribution in [1.82, 2.24) is 4.98 Å². The molecule has 0 fully saturated rings. The number of benzene rings is 2. The van der Waals surface area contributed by atoms with Gasteiger partial charge in [0.1, 0.15) is 7.85 Å². The summed E-state index contributed by atoms with van der Waals surface area (Å²) in [5.74, 6) is -18.7. The lowest BCUT2D eigenvalue weighted by atomic mass is 9.90. The number of fused-ring (bicyclic) bond motifs is 1. The Morgan fingerprint density at radius 1 is 0.719 bits per heavy atom. The van der Waals surface area contributed by atoms with Gasteiger partial charge >= 0.3 is 0 Å². The van der Waals surface area contributed by atoms with Gasteiger partial charge in [-0.3, -0.25) is 4.79 Å². The largest absolute Gasteiger partial charge is 0.494 e. The number of rotatable bonds is 2. The molecule has 0 aliphatic carbocycles. The van der Waals surface area contributed by atoms with Gasteiger partial charge in [0.15, 0.2) is 52.4 Å². The third-order valence-corrected chi connectivity index (χ3v) is 5.33. The normalized spacial score (nSPS) is 13.0. The lowest BCUT2D eigenvalue weighted by Crippen LogP contribution is -2.23. The third kappa shape index (κ3) is 2.74. The van der Waals surface area contributed by atoms with Crippen LogP contribution in [0.5, 0.6) is 5.88 Å². The molecule has 3 aromatic rings. The van der Waals surface area contributed by atoms with E-state index in [1.54, 1.807) is 0 Å². The van der Waals surface area contributed by atoms with E-state index in [0.717, 1.165) is 0 Å². The van der Waals surface area contributed by atoms with E-state index < -0.39 is 102 Å². The Labute approximate surface area is 181 Å². The van der Waals surface area contributed by atoms with Crippen LogP contribution < -0.4 is 5.46 Å². The molecule has 0 atom stereocenters. The Bertz CT molecular complexity index is 1360. The number of aromatic amines is 1. The van der Waals surface area contributed by atoms with E-state index in [1.165, 1.54) is 0 Å². The van der Waals surface area contributed by atoms with Crippen molar-refractivity contribution in [1.29, 1.82) is 0 Å². The predicted octanol–water partition coefficient (Wildman–Crippen LogP) is 4.05. The highest BCUT2D eigenvalue weighted by molar-refractivity contribution is 9.10. The summed E-state index contributed by atoms with van der Waals surface area (Å²) < 4.78 is 112. The highest BCUT2D eigenvalue weighted by Crippen LogP contribution is 2.42. The predicted molar refractivity (Wildman–Crippen MR) is 97.1 cm³/mol. The highest BCUT2D eigenvalue weighted by atomic mass is 79.9. The number of aromatic nitrogens is 1. The van der Waals surface area contributed by atoms with Gasteiger partial charge in [0.05, 0.1) is 38.1 Å². The summed E-state index contributed by atoms with van der Waals surface area (Å²) in [6, 6.07) is 0. The van der Waals surface area contributed by atoms with Crippen molar-refractivity contribution in [2.75, 3.05) is 0 Å². The van der Waals surface area contributed by atoms with E-state index in [2.05, 4.69) is 20.9 Å². The van der Waals surface area contributed by atoms with E-state index in [9.17, 15) is 45.0 Å². The number of hydrogen-bond donors (Lipinski definition) is 2. The molecule has 2 N–H and O–H groups in total. The zero-order valence-electron chi connectivity index (χ0n) is 14.8. The van der Waals surface area contributed by atoms with Gasteiger partial charge in [0.2, 0.25) is 0 Å². The molecular weight excluding hydrogens is 519 g/mol. The van der Waals surface area contributed by atoms with E-state index in [1.807, 2.05) is 4.98 Å². The topological polar surface area (TPSA) is 65.5 Å². The number of nitrogens with one attached hydrogen (secondary N) is 1. The minimum absolute atomic E-state index is 0.922. The third-order valence-electron chi connectivity index (χ3n) is 4.64. The first-order valence-corrected chi connectivity index (χ1v) is 8.91. The summed E-state index contributed by atoms with van der Waals surface area (Å²) in [5, 5.41) is 10.1. The fourth-order valence-electron chi connectivity index (χ4n) is 3.19. The molecule has 1 aliphatic heterocycles. The van der Waals surface area contributed by atoms with Crippen LogP contribution in [0, 0.1) is 46.5 Å². The highest BCUT2D eigenvalue weighted by Gasteiger charge is 2.40. The van der Waals surface area contributed by atoms with Gasteiger partial charge in [-0.05, 0) is 21.4 Å². The maximum absolute atomic E-state index is 14.4. The molecule has 162 valence electrons. The fourth-order valence-corrected chi connectivity index (χ4v) is 3.54. The SMILES string of the molecule is [B]c1c(F)c(F)c(C2=NC(=O)c3c(-c4c(F)c(F)c(Br)c(F)c4F)[nH]c(O)c32)c(F)c1F. The lowest BCUT2D eigenvalue weighted by molar-refractivity contribution is 0.101. The molecule has 4 rings (SSSR count). The smallest absolute Gasteiger partial charge is 0.280 e. The van der Waals surface area contributed by atoms with Crippen LogP contribution in [0.1, 0.15) is 21.5 Å². The van der Waals surface area contributed by atoms with Crippen molar-refractivity contribution in [2.24, 2.45) is 4.99 Å². The number of hydrogen-bond acceptors (Lipinski definition) is 2. The average molecular weight is 521 g/mol. The number of H-pyrrole nitrogens is 1. The van der Waals surface area contributed by atoms with Crippen molar-refractivity contribution < 1.29 is 45.0 Å². The van der Waals surface area contributed by atoms with Crippen LogP contribution >= 0.6 is 15.9 Å². The summed E-state index contributed by atoms with van der Waals surface area (Å²) >= 11 is 2.30. The average Bonchev–Trinajstić information content (AvgIpc) is 3.27. The number of carbonyl (C=O) groups is 1. The first kappa shape index (κ1) is 22.1. The molecule has 0 unspecified atom stereocenters. The Balaban J connectivity index is 2.04. The van der Waals surface area contributed by atoms with Gasteiger partial charge in [-0.15, -0.1) is 0 Å². The first-order valence-electron chi connectivity index (χ1n) is 8.11. The van der Waals surface area contributed by atoms with Crippen LogP contribution in [0.2, 0.25) is 0 Å². The van der Waals surface area contributed by atoms with Crippen molar-refractivity contribution in [3.05, 3.63) is 67.7 Å². The molecule has 0 saturated heterocycles. The maximum Gasteiger partial charge on any atom is 0.280 e. The zero-order valence-corrected chi connectivity index (χ0v) is 16.4. The molecule has 2 aromatic carbocycles. The second kappa shape index (κ2) is 7.19. The van der Waals surface area contributed by atoms with Gasteiger partial charge in [-0.1, -0.05) is 0 Å². The standard InChI is InChI=1S/C18H2BBrF8N2O2/c19-5-11(25)7(21)3(8(22)12(5)26)15-1-2(18(32)29-15)16(30-17(1)31)4-9(23)13(27)6(20)14(28)10(4)24/h30-31H. The fraction of sp³-hybridized carbons (Fsp3) is 0.